The molecule has 0 saturated carbocycles. The van der Waals surface area contributed by atoms with Gasteiger partial charge in [-0.25, -0.2) is 0 Å². The Morgan fingerprint density at radius 3 is 2.96 bits per heavy atom. The number of aryl methyl sites for hydroxylation is 1. The second-order valence-corrected chi connectivity index (χ2v) is 6.93. The molecule has 0 aliphatic heterocycles. The molecule has 1 aromatic heterocycles. The molecule has 5 heteroatoms. The van der Waals surface area contributed by atoms with E-state index >= 15 is 0 Å². The average molecular weight is 326 g/mol. The van der Waals surface area contributed by atoms with Gasteiger partial charge in [0.1, 0.15) is 16.8 Å². The number of nitrogens with zero attached hydrogens (tertiary/aromatic N) is 1. The van der Waals surface area contributed by atoms with E-state index < -0.39 is 0 Å². The number of carbonyl (C=O) groups excluding carboxylic acids is 1. The van der Waals surface area contributed by atoms with Crippen LogP contribution in [0.25, 0.3) is 0 Å². The van der Waals surface area contributed by atoms with Crippen molar-refractivity contribution in [1.82, 2.24) is 0 Å². The molecule has 1 N–H and O–H groups in total. The molecule has 23 heavy (non-hydrogen) atoms. The van der Waals surface area contributed by atoms with Crippen molar-refractivity contribution >= 4 is 22.2 Å². The number of hydrogen-bond acceptors (Lipinski definition) is 4. The van der Waals surface area contributed by atoms with Gasteiger partial charge in [-0.05, 0) is 56.9 Å². The zero-order valence-corrected chi connectivity index (χ0v) is 14.0. The summed E-state index contributed by atoms with van der Waals surface area (Å²) in [6.45, 7) is 3.89. The van der Waals surface area contributed by atoms with Gasteiger partial charge in [0.25, 0.3) is 5.91 Å². The molecular formula is C18H18N2O2S. The largest absolute Gasteiger partial charge is 0.491 e. The van der Waals surface area contributed by atoms with E-state index in [0.29, 0.717) is 21.9 Å². The number of amides is 1. The predicted octanol–water partition coefficient (Wildman–Crippen LogP) is 4.15. The minimum Gasteiger partial charge on any atom is -0.491 e. The smallest absolute Gasteiger partial charge is 0.256 e. The van der Waals surface area contributed by atoms with Gasteiger partial charge in [-0.2, -0.15) is 5.26 Å². The summed E-state index contributed by atoms with van der Waals surface area (Å²) in [6.07, 6.45) is 3.09. The van der Waals surface area contributed by atoms with Crippen LogP contribution in [0.2, 0.25) is 0 Å². The van der Waals surface area contributed by atoms with Crippen molar-refractivity contribution in [2.45, 2.75) is 39.2 Å². The number of anilines is 1. The summed E-state index contributed by atoms with van der Waals surface area (Å²) in [5, 5.41) is 12.9. The number of rotatable bonds is 4. The zero-order valence-electron chi connectivity index (χ0n) is 13.2. The van der Waals surface area contributed by atoms with Crippen LogP contribution in [-0.4, -0.2) is 12.0 Å². The Morgan fingerprint density at radius 1 is 1.39 bits per heavy atom. The van der Waals surface area contributed by atoms with Crippen molar-refractivity contribution in [2.24, 2.45) is 0 Å². The molecule has 3 rings (SSSR count). The molecule has 1 aliphatic carbocycles. The van der Waals surface area contributed by atoms with Crippen molar-refractivity contribution in [3.05, 3.63) is 45.8 Å². The minimum absolute atomic E-state index is 0.0544. The van der Waals surface area contributed by atoms with Crippen LogP contribution < -0.4 is 10.1 Å². The molecule has 0 bridgehead atoms. The molecule has 0 radical (unpaired) electrons. The number of fused-ring (bicyclic) bond motifs is 1. The molecule has 1 aromatic carbocycles. The van der Waals surface area contributed by atoms with Gasteiger partial charge in [0, 0.05) is 10.4 Å². The third-order valence-electron chi connectivity index (χ3n) is 3.73. The Morgan fingerprint density at radius 2 is 2.22 bits per heavy atom. The lowest BCUT2D eigenvalue weighted by Gasteiger charge is -2.11. The highest BCUT2D eigenvalue weighted by atomic mass is 32.1. The quantitative estimate of drug-likeness (QED) is 0.918. The van der Waals surface area contributed by atoms with Gasteiger partial charge in [-0.1, -0.05) is 6.07 Å². The van der Waals surface area contributed by atoms with E-state index in [-0.39, 0.29) is 12.0 Å². The Hall–Kier alpha value is -2.32. The molecule has 118 valence electrons. The third kappa shape index (κ3) is 3.22. The van der Waals surface area contributed by atoms with Crippen molar-refractivity contribution in [2.75, 3.05) is 5.32 Å². The molecule has 0 unspecified atom stereocenters. The topological polar surface area (TPSA) is 62.1 Å². The first kappa shape index (κ1) is 15.6. The van der Waals surface area contributed by atoms with Gasteiger partial charge in [-0.15, -0.1) is 11.3 Å². The number of hydrogen-bond donors (Lipinski definition) is 1. The van der Waals surface area contributed by atoms with Crippen LogP contribution in [0.4, 0.5) is 5.00 Å². The summed E-state index contributed by atoms with van der Waals surface area (Å²) in [5.74, 6) is 0.456. The first-order chi connectivity index (χ1) is 11.1. The summed E-state index contributed by atoms with van der Waals surface area (Å²) in [4.78, 5) is 13.7. The number of nitrogens with one attached hydrogen (secondary N) is 1. The molecule has 0 saturated heterocycles. The van der Waals surface area contributed by atoms with E-state index in [9.17, 15) is 10.1 Å². The summed E-state index contributed by atoms with van der Waals surface area (Å²) < 4.78 is 5.62. The summed E-state index contributed by atoms with van der Waals surface area (Å²) in [6, 6.07) is 9.34. The van der Waals surface area contributed by atoms with Gasteiger partial charge in [0.15, 0.2) is 0 Å². The van der Waals surface area contributed by atoms with Crippen LogP contribution in [0.5, 0.6) is 5.75 Å². The number of ether oxygens (including phenoxy) is 1. The molecule has 2 aromatic rings. The van der Waals surface area contributed by atoms with Crippen LogP contribution in [0.15, 0.2) is 24.3 Å². The fourth-order valence-corrected chi connectivity index (χ4v) is 4.00. The van der Waals surface area contributed by atoms with Crippen LogP contribution in [-0.2, 0) is 12.8 Å². The maximum atomic E-state index is 12.5. The van der Waals surface area contributed by atoms with Gasteiger partial charge in [0.2, 0.25) is 0 Å². The second-order valence-electron chi connectivity index (χ2n) is 5.82. The first-order valence-corrected chi connectivity index (χ1v) is 8.53. The van der Waals surface area contributed by atoms with Gasteiger partial charge >= 0.3 is 0 Å². The molecular weight excluding hydrogens is 308 g/mol. The van der Waals surface area contributed by atoms with E-state index in [1.54, 1.807) is 18.2 Å². The number of thiophene rings is 1. The standard InChI is InChI=1S/C18H18N2O2S/c1-11(2)22-13-6-3-5-12(9-13)17(21)20-18-15(10-19)14-7-4-8-16(14)23-18/h3,5-6,9,11H,4,7-8H2,1-2H3,(H,20,21). The van der Waals surface area contributed by atoms with Crippen LogP contribution in [0.3, 0.4) is 0 Å². The normalized spacial score (nSPS) is 12.8. The highest BCUT2D eigenvalue weighted by Crippen LogP contribution is 2.38. The number of nitriles is 1. The number of carbonyl (C=O) groups is 1. The van der Waals surface area contributed by atoms with E-state index in [4.69, 9.17) is 4.74 Å². The van der Waals surface area contributed by atoms with Crippen molar-refractivity contribution in [3.63, 3.8) is 0 Å². The maximum Gasteiger partial charge on any atom is 0.256 e. The van der Waals surface area contributed by atoms with E-state index in [0.717, 1.165) is 24.8 Å². The molecule has 1 aliphatic rings. The SMILES string of the molecule is CC(C)Oc1cccc(C(=O)Nc2sc3c(c2C#N)CCC3)c1. The second kappa shape index (κ2) is 6.43. The van der Waals surface area contributed by atoms with Crippen molar-refractivity contribution in [3.8, 4) is 11.8 Å². The zero-order chi connectivity index (χ0) is 16.4. The Labute approximate surface area is 139 Å². The molecule has 0 atom stereocenters. The molecule has 0 spiro atoms. The Kier molecular flexibility index (Phi) is 4.35. The van der Waals surface area contributed by atoms with Gasteiger partial charge in [-0.3, -0.25) is 4.79 Å². The van der Waals surface area contributed by atoms with Crippen LogP contribution in [0, 0.1) is 11.3 Å². The lowest BCUT2D eigenvalue weighted by atomic mass is 10.1. The van der Waals surface area contributed by atoms with Crippen LogP contribution in [0.1, 0.15) is 46.6 Å². The number of benzene rings is 1. The van der Waals surface area contributed by atoms with Crippen molar-refractivity contribution in [1.29, 1.82) is 5.26 Å². The fourth-order valence-electron chi connectivity index (χ4n) is 2.77. The molecule has 1 heterocycles. The lowest BCUT2D eigenvalue weighted by Crippen LogP contribution is -2.12. The fraction of sp³-hybridized carbons (Fsp3) is 0.333. The van der Waals surface area contributed by atoms with E-state index in [1.807, 2.05) is 19.9 Å². The Balaban J connectivity index is 1.82. The molecule has 0 fully saturated rings. The summed E-state index contributed by atoms with van der Waals surface area (Å²) in [5.41, 5.74) is 2.27. The van der Waals surface area contributed by atoms with Gasteiger partial charge in [0.05, 0.1) is 11.7 Å². The monoisotopic (exact) mass is 326 g/mol. The molecule has 1 amide bonds. The van der Waals surface area contributed by atoms with Crippen molar-refractivity contribution < 1.29 is 9.53 Å². The molecule has 4 nitrogen and oxygen atoms in total. The van der Waals surface area contributed by atoms with E-state index in [2.05, 4.69) is 11.4 Å². The predicted molar refractivity (Wildman–Crippen MR) is 91.2 cm³/mol. The third-order valence-corrected chi connectivity index (χ3v) is 4.94. The lowest BCUT2D eigenvalue weighted by molar-refractivity contribution is 0.102. The van der Waals surface area contributed by atoms with Crippen LogP contribution >= 0.6 is 11.3 Å². The maximum absolute atomic E-state index is 12.5. The summed E-state index contributed by atoms with van der Waals surface area (Å²) in [7, 11) is 0. The van der Waals surface area contributed by atoms with E-state index in [1.165, 1.54) is 16.2 Å². The van der Waals surface area contributed by atoms with Gasteiger partial charge < -0.3 is 10.1 Å². The highest BCUT2D eigenvalue weighted by molar-refractivity contribution is 7.16. The average Bonchev–Trinajstić information content (AvgIpc) is 3.07. The summed E-state index contributed by atoms with van der Waals surface area (Å²) >= 11 is 1.53. The first-order valence-electron chi connectivity index (χ1n) is 7.71. The highest BCUT2D eigenvalue weighted by Gasteiger charge is 2.23. The minimum atomic E-state index is -0.212. The Bertz CT molecular complexity index is 787.